The molecule has 2 rings (SSSR count). The highest BCUT2D eigenvalue weighted by atomic mass is 19.4. The molecule has 0 saturated heterocycles. The Kier molecular flexibility index (Phi) is 3.44. The van der Waals surface area contributed by atoms with Gasteiger partial charge in [0.15, 0.2) is 0 Å². The van der Waals surface area contributed by atoms with Gasteiger partial charge in [0.2, 0.25) is 0 Å². The lowest BCUT2D eigenvalue weighted by molar-refractivity contribution is -0.138. The zero-order valence-electron chi connectivity index (χ0n) is 9.91. The summed E-state index contributed by atoms with van der Waals surface area (Å²) in [5, 5.41) is 0. The van der Waals surface area contributed by atoms with Crippen LogP contribution in [0.3, 0.4) is 0 Å². The number of halogens is 3. The number of nitrogens with zero attached hydrogens (tertiary/aromatic N) is 1. The van der Waals surface area contributed by atoms with Crippen LogP contribution in [0.25, 0.3) is 11.1 Å². The number of alkyl halides is 3. The lowest BCUT2D eigenvalue weighted by atomic mass is 9.99. The standard InChI is InChI=1S/C13H12F3N3/c14-13(15,16)11-5-8(1-2-9(11)6-17)10-3-4-12(18)19-7-10/h1-5,7H,6,17H2,(H2,18,19). The van der Waals surface area contributed by atoms with E-state index in [4.69, 9.17) is 11.5 Å². The second-order valence-corrected chi connectivity index (χ2v) is 4.05. The zero-order valence-corrected chi connectivity index (χ0v) is 9.91. The minimum atomic E-state index is -4.42. The summed E-state index contributed by atoms with van der Waals surface area (Å²) in [4.78, 5) is 3.86. The topological polar surface area (TPSA) is 64.9 Å². The summed E-state index contributed by atoms with van der Waals surface area (Å²) in [5.74, 6) is 0.318. The largest absolute Gasteiger partial charge is 0.416 e. The third-order valence-corrected chi connectivity index (χ3v) is 2.75. The second kappa shape index (κ2) is 4.89. The summed E-state index contributed by atoms with van der Waals surface area (Å²) in [7, 11) is 0. The maximum Gasteiger partial charge on any atom is 0.416 e. The van der Waals surface area contributed by atoms with Crippen molar-refractivity contribution in [1.82, 2.24) is 4.98 Å². The summed E-state index contributed by atoms with van der Waals surface area (Å²) in [6.07, 6.45) is -2.99. The monoisotopic (exact) mass is 267 g/mol. The minimum absolute atomic E-state index is 0.0691. The predicted molar refractivity (Wildman–Crippen MR) is 67.0 cm³/mol. The van der Waals surface area contributed by atoms with Crippen molar-refractivity contribution in [3.63, 3.8) is 0 Å². The summed E-state index contributed by atoms with van der Waals surface area (Å²) in [5.41, 5.74) is 11.1. The number of pyridine rings is 1. The molecule has 3 nitrogen and oxygen atoms in total. The van der Waals surface area contributed by atoms with Gasteiger partial charge in [-0.2, -0.15) is 13.2 Å². The minimum Gasteiger partial charge on any atom is -0.384 e. The highest BCUT2D eigenvalue weighted by Gasteiger charge is 2.33. The molecule has 0 saturated carbocycles. The van der Waals surface area contributed by atoms with E-state index >= 15 is 0 Å². The van der Waals surface area contributed by atoms with Crippen LogP contribution in [0, 0.1) is 0 Å². The fourth-order valence-electron chi connectivity index (χ4n) is 1.77. The number of hydrogen-bond acceptors (Lipinski definition) is 3. The van der Waals surface area contributed by atoms with Gasteiger partial charge >= 0.3 is 6.18 Å². The Morgan fingerprint density at radius 3 is 2.26 bits per heavy atom. The molecule has 0 radical (unpaired) electrons. The summed E-state index contributed by atoms with van der Waals surface area (Å²) >= 11 is 0. The van der Waals surface area contributed by atoms with E-state index in [0.717, 1.165) is 6.07 Å². The lowest BCUT2D eigenvalue weighted by Crippen LogP contribution is -2.12. The lowest BCUT2D eigenvalue weighted by Gasteiger charge is -2.13. The van der Waals surface area contributed by atoms with Gasteiger partial charge in [0, 0.05) is 18.3 Å². The van der Waals surface area contributed by atoms with Crippen LogP contribution < -0.4 is 11.5 Å². The van der Waals surface area contributed by atoms with Gasteiger partial charge in [-0.15, -0.1) is 0 Å². The Morgan fingerprint density at radius 2 is 1.74 bits per heavy atom. The van der Waals surface area contributed by atoms with Gasteiger partial charge < -0.3 is 11.5 Å². The SMILES string of the molecule is NCc1ccc(-c2ccc(N)nc2)cc1C(F)(F)F. The van der Waals surface area contributed by atoms with Gasteiger partial charge in [0.25, 0.3) is 0 Å². The summed E-state index contributed by atoms with van der Waals surface area (Å²) in [6, 6.07) is 7.22. The van der Waals surface area contributed by atoms with Gasteiger partial charge in [-0.1, -0.05) is 12.1 Å². The van der Waals surface area contributed by atoms with Crippen LogP contribution in [0.1, 0.15) is 11.1 Å². The average molecular weight is 267 g/mol. The van der Waals surface area contributed by atoms with Crippen LogP contribution in [0.15, 0.2) is 36.5 Å². The molecule has 1 heterocycles. The molecule has 0 fully saturated rings. The number of anilines is 1. The van der Waals surface area contributed by atoms with Crippen molar-refractivity contribution in [2.45, 2.75) is 12.7 Å². The Labute approximate surface area is 108 Å². The van der Waals surface area contributed by atoms with Crippen molar-refractivity contribution in [3.05, 3.63) is 47.7 Å². The fourth-order valence-corrected chi connectivity index (χ4v) is 1.77. The first-order valence-corrected chi connectivity index (χ1v) is 5.54. The molecule has 0 unspecified atom stereocenters. The van der Waals surface area contributed by atoms with Crippen molar-refractivity contribution >= 4 is 5.82 Å². The van der Waals surface area contributed by atoms with Crippen molar-refractivity contribution in [2.75, 3.05) is 5.73 Å². The molecule has 1 aromatic carbocycles. The molecule has 6 heteroatoms. The van der Waals surface area contributed by atoms with E-state index < -0.39 is 11.7 Å². The molecule has 0 aliphatic carbocycles. The maximum absolute atomic E-state index is 12.9. The molecule has 0 spiro atoms. The normalized spacial score (nSPS) is 11.6. The molecule has 19 heavy (non-hydrogen) atoms. The van der Waals surface area contributed by atoms with E-state index in [1.54, 1.807) is 18.2 Å². The molecular weight excluding hydrogens is 255 g/mol. The van der Waals surface area contributed by atoms with Crippen molar-refractivity contribution in [1.29, 1.82) is 0 Å². The van der Waals surface area contributed by atoms with Gasteiger partial charge in [0.05, 0.1) is 5.56 Å². The second-order valence-electron chi connectivity index (χ2n) is 4.05. The van der Waals surface area contributed by atoms with Crippen molar-refractivity contribution in [2.24, 2.45) is 5.73 Å². The first kappa shape index (κ1) is 13.4. The number of hydrogen-bond donors (Lipinski definition) is 2. The van der Waals surface area contributed by atoms with Crippen molar-refractivity contribution in [3.8, 4) is 11.1 Å². The van der Waals surface area contributed by atoms with Crippen LogP contribution in [0.5, 0.6) is 0 Å². The number of nitrogen functional groups attached to an aromatic ring is 1. The number of aromatic nitrogens is 1. The predicted octanol–water partition coefficient (Wildman–Crippen LogP) is 2.81. The molecule has 1 aromatic heterocycles. The van der Waals surface area contributed by atoms with Crippen LogP contribution in [-0.2, 0) is 12.7 Å². The third kappa shape index (κ3) is 2.85. The number of nitrogens with two attached hydrogens (primary N) is 2. The first-order chi connectivity index (χ1) is 8.91. The number of benzene rings is 1. The van der Waals surface area contributed by atoms with Crippen LogP contribution >= 0.6 is 0 Å². The molecule has 0 atom stereocenters. The highest BCUT2D eigenvalue weighted by Crippen LogP contribution is 2.34. The van der Waals surface area contributed by atoms with Crippen LogP contribution in [-0.4, -0.2) is 4.98 Å². The first-order valence-electron chi connectivity index (χ1n) is 5.54. The zero-order chi connectivity index (χ0) is 14.0. The Balaban J connectivity index is 2.52. The maximum atomic E-state index is 12.9. The van der Waals surface area contributed by atoms with E-state index in [0.29, 0.717) is 16.9 Å². The quantitative estimate of drug-likeness (QED) is 0.879. The van der Waals surface area contributed by atoms with E-state index in [1.807, 2.05) is 0 Å². The van der Waals surface area contributed by atoms with Gasteiger partial charge in [0.1, 0.15) is 5.82 Å². The summed E-state index contributed by atoms with van der Waals surface area (Å²) in [6.45, 7) is -0.158. The highest BCUT2D eigenvalue weighted by molar-refractivity contribution is 5.65. The smallest absolute Gasteiger partial charge is 0.384 e. The van der Waals surface area contributed by atoms with E-state index in [2.05, 4.69) is 4.98 Å². The molecular formula is C13H12F3N3. The average Bonchev–Trinajstić information content (AvgIpc) is 2.38. The molecule has 0 aliphatic heterocycles. The molecule has 4 N–H and O–H groups in total. The molecule has 0 amide bonds. The summed E-state index contributed by atoms with van der Waals surface area (Å²) < 4.78 is 38.7. The van der Waals surface area contributed by atoms with E-state index in [-0.39, 0.29) is 12.1 Å². The molecule has 0 aliphatic rings. The fraction of sp³-hybridized carbons (Fsp3) is 0.154. The van der Waals surface area contributed by atoms with Gasteiger partial charge in [-0.05, 0) is 29.3 Å². The third-order valence-electron chi connectivity index (χ3n) is 2.75. The van der Waals surface area contributed by atoms with Gasteiger partial charge in [-0.25, -0.2) is 4.98 Å². The van der Waals surface area contributed by atoms with Gasteiger partial charge in [-0.3, -0.25) is 0 Å². The van der Waals surface area contributed by atoms with E-state index in [1.165, 1.54) is 12.3 Å². The van der Waals surface area contributed by atoms with Crippen LogP contribution in [0.4, 0.5) is 19.0 Å². The number of rotatable bonds is 2. The van der Waals surface area contributed by atoms with E-state index in [9.17, 15) is 13.2 Å². The Hall–Kier alpha value is -2.08. The molecule has 0 bridgehead atoms. The van der Waals surface area contributed by atoms with Crippen molar-refractivity contribution < 1.29 is 13.2 Å². The molecule has 2 aromatic rings. The molecule has 100 valence electrons. The van der Waals surface area contributed by atoms with Crippen LogP contribution in [0.2, 0.25) is 0 Å². The Bertz CT molecular complexity index is 577. The Morgan fingerprint density at radius 1 is 1.05 bits per heavy atom.